The predicted molar refractivity (Wildman–Crippen MR) is 140 cm³/mol. The van der Waals surface area contributed by atoms with E-state index in [4.69, 9.17) is 9.47 Å². The van der Waals surface area contributed by atoms with Gasteiger partial charge in [0, 0.05) is 49.6 Å². The van der Waals surface area contributed by atoms with E-state index in [2.05, 4.69) is 26.3 Å². The number of likely N-dealkylation sites (tertiary alicyclic amines) is 1. The SMILES string of the molecule is COC(CNc1ccccc1C(C(C)=O)C1CCN(Cc2cnc(-c3ccccn3)s2)CC1)OC. The summed E-state index contributed by atoms with van der Waals surface area (Å²) in [6.45, 7) is 5.06. The number of rotatable bonds is 11. The van der Waals surface area contributed by atoms with Crippen LogP contribution in [0.25, 0.3) is 10.7 Å². The molecule has 1 aliphatic rings. The zero-order chi connectivity index (χ0) is 24.6. The number of carbonyl (C=O) groups excluding carboxylic acids is 1. The van der Waals surface area contributed by atoms with E-state index in [0.717, 1.165) is 54.4 Å². The highest BCUT2D eigenvalue weighted by molar-refractivity contribution is 7.14. The summed E-state index contributed by atoms with van der Waals surface area (Å²) >= 11 is 1.70. The minimum absolute atomic E-state index is 0.122. The third-order valence-electron chi connectivity index (χ3n) is 6.64. The van der Waals surface area contributed by atoms with E-state index in [1.54, 1.807) is 38.7 Å². The summed E-state index contributed by atoms with van der Waals surface area (Å²) in [5.74, 6) is 0.414. The molecule has 2 aromatic heterocycles. The Morgan fingerprint density at radius 2 is 1.86 bits per heavy atom. The van der Waals surface area contributed by atoms with Gasteiger partial charge in [0.15, 0.2) is 6.29 Å². The molecule has 0 aliphatic carbocycles. The van der Waals surface area contributed by atoms with Crippen molar-refractivity contribution >= 4 is 22.8 Å². The first-order chi connectivity index (χ1) is 17.1. The molecule has 8 heteroatoms. The number of piperidine rings is 1. The highest BCUT2D eigenvalue weighted by Gasteiger charge is 2.32. The summed E-state index contributed by atoms with van der Waals surface area (Å²) in [4.78, 5) is 25.5. The normalized spacial score (nSPS) is 15.9. The van der Waals surface area contributed by atoms with Crippen LogP contribution in [0.1, 0.15) is 36.1 Å². The lowest BCUT2D eigenvalue weighted by Gasteiger charge is -2.36. The van der Waals surface area contributed by atoms with Crippen LogP contribution >= 0.6 is 11.3 Å². The van der Waals surface area contributed by atoms with Gasteiger partial charge in [-0.1, -0.05) is 24.3 Å². The van der Waals surface area contributed by atoms with Gasteiger partial charge in [-0.15, -0.1) is 11.3 Å². The number of benzene rings is 1. The first kappa shape index (κ1) is 25.4. The van der Waals surface area contributed by atoms with Gasteiger partial charge in [-0.2, -0.15) is 0 Å². The molecule has 186 valence electrons. The van der Waals surface area contributed by atoms with E-state index in [1.807, 2.05) is 42.6 Å². The van der Waals surface area contributed by atoms with Gasteiger partial charge < -0.3 is 14.8 Å². The molecule has 1 aliphatic heterocycles. The Labute approximate surface area is 211 Å². The molecule has 35 heavy (non-hydrogen) atoms. The van der Waals surface area contributed by atoms with Crippen LogP contribution in [0.2, 0.25) is 0 Å². The summed E-state index contributed by atoms with van der Waals surface area (Å²) in [5, 5.41) is 4.38. The lowest BCUT2D eigenvalue weighted by molar-refractivity contribution is -0.120. The Bertz CT molecular complexity index is 1080. The average molecular weight is 495 g/mol. The number of para-hydroxylation sites is 1. The largest absolute Gasteiger partial charge is 0.380 e. The van der Waals surface area contributed by atoms with E-state index < -0.39 is 0 Å². The van der Waals surface area contributed by atoms with Gasteiger partial charge in [-0.25, -0.2) is 4.98 Å². The molecule has 4 rings (SSSR count). The number of Topliss-reactive ketones (excluding diaryl/α,β-unsaturated/α-hetero) is 1. The fourth-order valence-electron chi connectivity index (χ4n) is 4.84. The number of nitrogens with zero attached hydrogens (tertiary/aromatic N) is 3. The number of methoxy groups -OCH3 is 2. The van der Waals surface area contributed by atoms with Gasteiger partial charge in [-0.05, 0) is 62.5 Å². The van der Waals surface area contributed by atoms with Gasteiger partial charge in [-0.3, -0.25) is 14.7 Å². The van der Waals surface area contributed by atoms with Crippen LogP contribution in [0.3, 0.4) is 0 Å². The van der Waals surface area contributed by atoms with E-state index in [1.165, 1.54) is 4.88 Å². The van der Waals surface area contributed by atoms with E-state index in [9.17, 15) is 4.79 Å². The van der Waals surface area contributed by atoms with Gasteiger partial charge in [0.2, 0.25) is 0 Å². The summed E-state index contributed by atoms with van der Waals surface area (Å²) in [5.41, 5.74) is 2.95. The van der Waals surface area contributed by atoms with Crippen LogP contribution in [-0.4, -0.2) is 60.8 Å². The molecule has 1 aromatic carbocycles. The summed E-state index contributed by atoms with van der Waals surface area (Å²) in [7, 11) is 3.25. The number of hydrogen-bond acceptors (Lipinski definition) is 8. The van der Waals surface area contributed by atoms with Crippen molar-refractivity contribution < 1.29 is 14.3 Å². The fraction of sp³-hybridized carbons (Fsp3) is 0.444. The van der Waals surface area contributed by atoms with Gasteiger partial charge in [0.25, 0.3) is 0 Å². The number of nitrogens with one attached hydrogen (secondary N) is 1. The van der Waals surface area contributed by atoms with Crippen molar-refractivity contribution in [1.29, 1.82) is 0 Å². The molecule has 1 saturated heterocycles. The van der Waals surface area contributed by atoms with Crippen LogP contribution < -0.4 is 5.32 Å². The number of carbonyl (C=O) groups is 1. The van der Waals surface area contributed by atoms with E-state index in [0.29, 0.717) is 12.5 Å². The van der Waals surface area contributed by atoms with Crippen molar-refractivity contribution in [1.82, 2.24) is 14.9 Å². The van der Waals surface area contributed by atoms with Crippen LogP contribution in [0.5, 0.6) is 0 Å². The van der Waals surface area contributed by atoms with Crippen LogP contribution in [-0.2, 0) is 20.8 Å². The molecule has 3 aromatic rings. The highest BCUT2D eigenvalue weighted by atomic mass is 32.1. The van der Waals surface area contributed by atoms with Crippen molar-refractivity contribution in [3.63, 3.8) is 0 Å². The monoisotopic (exact) mass is 494 g/mol. The third-order valence-corrected chi connectivity index (χ3v) is 7.64. The fourth-order valence-corrected chi connectivity index (χ4v) is 5.77. The summed E-state index contributed by atoms with van der Waals surface area (Å²) in [6.07, 6.45) is 5.40. The number of ketones is 1. The predicted octanol–water partition coefficient (Wildman–Crippen LogP) is 4.82. The van der Waals surface area contributed by atoms with Crippen LogP contribution in [0.15, 0.2) is 54.9 Å². The second-order valence-electron chi connectivity index (χ2n) is 8.92. The van der Waals surface area contributed by atoms with E-state index in [-0.39, 0.29) is 18.0 Å². The molecule has 1 N–H and O–H groups in total. The number of pyridine rings is 1. The topological polar surface area (TPSA) is 76.6 Å². The molecule has 1 unspecified atom stereocenters. The zero-order valence-electron chi connectivity index (χ0n) is 20.6. The Balaban J connectivity index is 1.39. The zero-order valence-corrected chi connectivity index (χ0v) is 21.5. The number of thiazole rings is 1. The Kier molecular flexibility index (Phi) is 8.98. The molecule has 7 nitrogen and oxygen atoms in total. The molecule has 0 bridgehead atoms. The van der Waals surface area contributed by atoms with Gasteiger partial charge >= 0.3 is 0 Å². The smallest absolute Gasteiger partial charge is 0.173 e. The maximum atomic E-state index is 12.9. The van der Waals surface area contributed by atoms with E-state index >= 15 is 0 Å². The summed E-state index contributed by atoms with van der Waals surface area (Å²) < 4.78 is 10.6. The minimum Gasteiger partial charge on any atom is -0.380 e. The van der Waals surface area contributed by atoms with Crippen molar-refractivity contribution in [2.75, 3.05) is 39.2 Å². The maximum Gasteiger partial charge on any atom is 0.173 e. The molecule has 0 saturated carbocycles. The Morgan fingerprint density at radius 3 is 2.54 bits per heavy atom. The molecule has 1 atom stereocenters. The molecule has 0 radical (unpaired) electrons. The molecular weight excluding hydrogens is 460 g/mol. The first-order valence-corrected chi connectivity index (χ1v) is 12.9. The number of hydrogen-bond donors (Lipinski definition) is 1. The number of anilines is 1. The molecule has 3 heterocycles. The molecule has 0 spiro atoms. The first-order valence-electron chi connectivity index (χ1n) is 12.1. The Hall–Kier alpha value is -2.65. The van der Waals surface area contributed by atoms with Crippen LogP contribution in [0.4, 0.5) is 5.69 Å². The summed E-state index contributed by atoms with van der Waals surface area (Å²) in [6, 6.07) is 14.0. The van der Waals surface area contributed by atoms with Gasteiger partial charge in [0.1, 0.15) is 10.8 Å². The second-order valence-corrected chi connectivity index (χ2v) is 10.0. The molecule has 1 fully saturated rings. The Morgan fingerprint density at radius 1 is 1.11 bits per heavy atom. The van der Waals surface area contributed by atoms with Crippen molar-refractivity contribution in [2.45, 2.75) is 38.5 Å². The lowest BCUT2D eigenvalue weighted by Crippen LogP contribution is -2.36. The third kappa shape index (κ3) is 6.52. The second kappa shape index (κ2) is 12.4. The lowest BCUT2D eigenvalue weighted by atomic mass is 9.77. The van der Waals surface area contributed by atoms with Crippen molar-refractivity contribution in [3.8, 4) is 10.7 Å². The highest BCUT2D eigenvalue weighted by Crippen LogP contribution is 2.37. The number of ether oxygens (including phenoxy) is 2. The van der Waals surface area contributed by atoms with Crippen LogP contribution in [0, 0.1) is 5.92 Å². The quantitative estimate of drug-likeness (QED) is 0.383. The minimum atomic E-state index is -0.341. The van der Waals surface area contributed by atoms with Crippen molar-refractivity contribution in [3.05, 3.63) is 65.3 Å². The standard InChI is InChI=1S/C27H34N4O3S/c1-19(32)26(22-8-4-5-9-23(22)29-17-25(33-2)34-3)20-11-14-31(15-12-20)18-21-16-30-27(35-21)24-10-6-7-13-28-24/h4-10,13,16,20,25-26,29H,11-12,14-15,17-18H2,1-3H3. The number of aromatic nitrogens is 2. The maximum absolute atomic E-state index is 12.9. The average Bonchev–Trinajstić information content (AvgIpc) is 3.35. The van der Waals surface area contributed by atoms with Gasteiger partial charge in [0.05, 0.1) is 12.2 Å². The van der Waals surface area contributed by atoms with Crippen molar-refractivity contribution in [2.24, 2.45) is 5.92 Å². The molecule has 0 amide bonds. The molecular formula is C27H34N4O3S.